The highest BCUT2D eigenvalue weighted by Crippen LogP contribution is 2.35. The van der Waals surface area contributed by atoms with Crippen molar-refractivity contribution in [1.82, 2.24) is 0 Å². The Kier molecular flexibility index (Phi) is 10.6. The topological polar surface area (TPSA) is 0 Å². The van der Waals surface area contributed by atoms with E-state index in [1.165, 1.54) is 0 Å². The van der Waals surface area contributed by atoms with Crippen LogP contribution in [0.25, 0.3) is 0 Å². The maximum Gasteiger partial charge on any atom is 0.192 e. The standard InChI is InChI=1S/C10H14Cl8/c11-7(5-9(13,14)15)3-1-2-4-8(12)6-10(16,17)18/h7-8H,1-6H2. The third-order valence-corrected chi connectivity index (χ3v) is 3.86. The number of hydrogen-bond donors (Lipinski definition) is 0. The number of halogens is 8. The molecule has 0 amide bonds. The molecule has 0 N–H and O–H groups in total. The second-order valence-corrected chi connectivity index (χ2v) is 10.4. The summed E-state index contributed by atoms with van der Waals surface area (Å²) in [4.78, 5) is 0. The Morgan fingerprint density at radius 3 is 1.11 bits per heavy atom. The molecule has 0 aromatic rings. The lowest BCUT2D eigenvalue weighted by molar-refractivity contribution is 0.580. The number of rotatable bonds is 7. The molecule has 0 aliphatic rings. The van der Waals surface area contributed by atoms with Gasteiger partial charge in [-0.2, -0.15) is 0 Å². The molecule has 0 aromatic carbocycles. The molecule has 8 heteroatoms. The van der Waals surface area contributed by atoms with Gasteiger partial charge in [0.15, 0.2) is 7.59 Å². The highest BCUT2D eigenvalue weighted by molar-refractivity contribution is 6.68. The predicted octanol–water partition coefficient (Wildman–Crippen LogP) is 7.28. The number of unbranched alkanes of at least 4 members (excludes halogenated alkanes) is 1. The van der Waals surface area contributed by atoms with Crippen LogP contribution in [0.2, 0.25) is 0 Å². The van der Waals surface area contributed by atoms with Gasteiger partial charge in [0.1, 0.15) is 0 Å². The molecular formula is C10H14Cl8. The van der Waals surface area contributed by atoms with Crippen molar-refractivity contribution in [2.24, 2.45) is 0 Å². The zero-order valence-electron chi connectivity index (χ0n) is 9.42. The average Bonchev–Trinajstić information content (AvgIpc) is 2.06. The smallest absolute Gasteiger partial charge is 0.123 e. The summed E-state index contributed by atoms with van der Waals surface area (Å²) in [5.41, 5.74) is 0. The molecule has 0 radical (unpaired) electrons. The summed E-state index contributed by atoms with van der Waals surface area (Å²) in [6.45, 7) is 0. The van der Waals surface area contributed by atoms with Crippen molar-refractivity contribution < 1.29 is 0 Å². The third-order valence-electron chi connectivity index (χ3n) is 2.19. The van der Waals surface area contributed by atoms with Gasteiger partial charge in [0.05, 0.1) is 0 Å². The van der Waals surface area contributed by atoms with Crippen molar-refractivity contribution in [3.63, 3.8) is 0 Å². The first-order valence-corrected chi connectivity index (χ1v) is 8.55. The summed E-state index contributed by atoms with van der Waals surface area (Å²) >= 11 is 45.9. The van der Waals surface area contributed by atoms with Crippen molar-refractivity contribution in [3.05, 3.63) is 0 Å². The van der Waals surface area contributed by atoms with Gasteiger partial charge in [-0.05, 0) is 12.8 Å². The van der Waals surface area contributed by atoms with Gasteiger partial charge in [-0.25, -0.2) is 0 Å². The third kappa shape index (κ3) is 14.7. The van der Waals surface area contributed by atoms with E-state index in [0.29, 0.717) is 12.8 Å². The molecule has 0 aliphatic heterocycles. The fourth-order valence-corrected chi connectivity index (χ4v) is 3.80. The van der Waals surface area contributed by atoms with Gasteiger partial charge < -0.3 is 0 Å². The molecule has 0 nitrogen and oxygen atoms in total. The highest BCUT2D eigenvalue weighted by Gasteiger charge is 2.25. The van der Waals surface area contributed by atoms with Gasteiger partial charge in [0.2, 0.25) is 0 Å². The maximum absolute atomic E-state index is 6.04. The number of alkyl halides is 8. The molecule has 0 aromatic heterocycles. The van der Waals surface area contributed by atoms with E-state index in [4.69, 9.17) is 92.8 Å². The van der Waals surface area contributed by atoms with E-state index in [1.54, 1.807) is 0 Å². The molecule has 18 heavy (non-hydrogen) atoms. The second kappa shape index (κ2) is 9.36. The fraction of sp³-hybridized carbons (Fsp3) is 1.00. The van der Waals surface area contributed by atoms with Gasteiger partial charge in [0, 0.05) is 23.6 Å². The van der Waals surface area contributed by atoms with Crippen molar-refractivity contribution in [3.8, 4) is 0 Å². The van der Waals surface area contributed by atoms with Gasteiger partial charge in [-0.1, -0.05) is 82.4 Å². The van der Waals surface area contributed by atoms with Gasteiger partial charge in [-0.15, -0.1) is 23.2 Å². The predicted molar refractivity (Wildman–Crippen MR) is 87.6 cm³/mol. The van der Waals surface area contributed by atoms with Gasteiger partial charge in [-0.3, -0.25) is 0 Å². The fourth-order valence-electron chi connectivity index (χ4n) is 1.44. The molecule has 2 atom stereocenters. The van der Waals surface area contributed by atoms with E-state index in [0.717, 1.165) is 25.7 Å². The molecule has 2 unspecified atom stereocenters. The largest absolute Gasteiger partial charge is 0.192 e. The molecule has 110 valence electrons. The average molecular weight is 418 g/mol. The lowest BCUT2D eigenvalue weighted by Crippen LogP contribution is -2.13. The van der Waals surface area contributed by atoms with E-state index in [-0.39, 0.29) is 10.8 Å². The minimum absolute atomic E-state index is 0.153. The zero-order chi connectivity index (χ0) is 14.4. The van der Waals surface area contributed by atoms with Crippen LogP contribution in [-0.4, -0.2) is 18.3 Å². The van der Waals surface area contributed by atoms with Crippen LogP contribution < -0.4 is 0 Å². The minimum atomic E-state index is -1.29. The van der Waals surface area contributed by atoms with Crippen LogP contribution in [0.4, 0.5) is 0 Å². The molecular weight excluding hydrogens is 404 g/mol. The van der Waals surface area contributed by atoms with Crippen LogP contribution in [-0.2, 0) is 0 Å². The first-order chi connectivity index (χ1) is 7.99. The Morgan fingerprint density at radius 1 is 0.611 bits per heavy atom. The van der Waals surface area contributed by atoms with E-state index in [1.807, 2.05) is 0 Å². The Labute approximate surface area is 148 Å². The summed E-state index contributed by atoms with van der Waals surface area (Å²) in [5, 5.41) is -0.307. The first-order valence-electron chi connectivity index (χ1n) is 5.41. The van der Waals surface area contributed by atoms with E-state index in [2.05, 4.69) is 0 Å². The summed E-state index contributed by atoms with van der Waals surface area (Å²) in [6.07, 6.45) is 4.00. The molecule has 0 fully saturated rings. The van der Waals surface area contributed by atoms with E-state index in [9.17, 15) is 0 Å². The van der Waals surface area contributed by atoms with Crippen molar-refractivity contribution >= 4 is 92.8 Å². The first kappa shape index (κ1) is 20.3. The SMILES string of the molecule is ClC(CCCCC(Cl)CC(Cl)(Cl)Cl)CC(Cl)(Cl)Cl. The summed E-state index contributed by atoms with van der Waals surface area (Å²) < 4.78 is -2.59. The lowest BCUT2D eigenvalue weighted by atomic mass is 10.1. The van der Waals surface area contributed by atoms with Gasteiger partial charge in [0.25, 0.3) is 0 Å². The summed E-state index contributed by atoms with van der Waals surface area (Å²) in [6, 6.07) is 0. The Bertz CT molecular complexity index is 195. The quantitative estimate of drug-likeness (QED) is 0.301. The van der Waals surface area contributed by atoms with Crippen molar-refractivity contribution in [2.45, 2.75) is 56.9 Å². The monoisotopic (exact) mass is 414 g/mol. The van der Waals surface area contributed by atoms with Gasteiger partial charge >= 0.3 is 0 Å². The van der Waals surface area contributed by atoms with Crippen LogP contribution in [0.15, 0.2) is 0 Å². The number of hydrogen-bond acceptors (Lipinski definition) is 0. The van der Waals surface area contributed by atoms with Crippen LogP contribution in [0.1, 0.15) is 38.5 Å². The maximum atomic E-state index is 6.04. The van der Waals surface area contributed by atoms with Crippen LogP contribution in [0.5, 0.6) is 0 Å². The normalized spacial score (nSPS) is 16.7. The Hall–Kier alpha value is 2.32. The minimum Gasteiger partial charge on any atom is -0.123 e. The van der Waals surface area contributed by atoms with Crippen LogP contribution in [0.3, 0.4) is 0 Å². The molecule has 0 spiro atoms. The summed E-state index contributed by atoms with van der Waals surface area (Å²) in [5.74, 6) is 0. The Morgan fingerprint density at radius 2 is 0.889 bits per heavy atom. The Balaban J connectivity index is 3.62. The van der Waals surface area contributed by atoms with Crippen molar-refractivity contribution in [2.75, 3.05) is 0 Å². The molecule has 0 rings (SSSR count). The van der Waals surface area contributed by atoms with Crippen LogP contribution in [0, 0.1) is 0 Å². The highest BCUT2D eigenvalue weighted by atomic mass is 35.6. The van der Waals surface area contributed by atoms with Crippen LogP contribution >= 0.6 is 92.8 Å². The lowest BCUT2D eigenvalue weighted by Gasteiger charge is -2.17. The molecule has 0 aliphatic carbocycles. The molecule has 0 saturated carbocycles. The van der Waals surface area contributed by atoms with E-state index < -0.39 is 7.59 Å². The second-order valence-electron chi connectivity index (χ2n) is 4.12. The summed E-state index contributed by atoms with van der Waals surface area (Å²) in [7, 11) is 0. The molecule has 0 heterocycles. The molecule has 0 saturated heterocycles. The van der Waals surface area contributed by atoms with Crippen molar-refractivity contribution in [1.29, 1.82) is 0 Å². The molecule has 0 bridgehead atoms. The van der Waals surface area contributed by atoms with E-state index >= 15 is 0 Å². The zero-order valence-corrected chi connectivity index (χ0v) is 15.5.